The summed E-state index contributed by atoms with van der Waals surface area (Å²) < 4.78 is 0. The largest absolute Gasteiger partial charge is 0.375 e. The van der Waals surface area contributed by atoms with Gasteiger partial charge < -0.3 is 4.90 Å². The second-order valence-corrected chi connectivity index (χ2v) is 3.33. The Balaban J connectivity index is 2.42. The van der Waals surface area contributed by atoms with E-state index in [-0.39, 0.29) is 0 Å². The summed E-state index contributed by atoms with van der Waals surface area (Å²) in [6.45, 7) is 6.89. The number of rotatable bonds is 1. The van der Waals surface area contributed by atoms with Crippen LogP contribution in [0.4, 0.5) is 0 Å². The summed E-state index contributed by atoms with van der Waals surface area (Å²) in [4.78, 5) is 2.51. The molecule has 0 saturated carbocycles. The lowest BCUT2D eigenvalue weighted by molar-refractivity contribution is 0.358. The summed E-state index contributed by atoms with van der Waals surface area (Å²) in [6, 6.07) is 0. The molecule has 0 bridgehead atoms. The Labute approximate surface area is 70.1 Å². The van der Waals surface area contributed by atoms with E-state index in [0.29, 0.717) is 0 Å². The van der Waals surface area contributed by atoms with Crippen LogP contribution in [0.15, 0.2) is 11.8 Å². The summed E-state index contributed by atoms with van der Waals surface area (Å²) in [7, 11) is 0. The summed E-state index contributed by atoms with van der Waals surface area (Å²) in [5.74, 6) is 0. The summed E-state index contributed by atoms with van der Waals surface area (Å²) in [6.07, 6.45) is 7.82. The molecule has 0 aromatic carbocycles. The van der Waals surface area contributed by atoms with Crippen molar-refractivity contribution in [2.24, 2.45) is 0 Å². The minimum Gasteiger partial charge on any atom is -0.375 e. The molecule has 64 valence electrons. The molecule has 1 rings (SSSR count). The molecule has 1 heteroatoms. The van der Waals surface area contributed by atoms with Crippen LogP contribution in [0.3, 0.4) is 0 Å². The lowest BCUT2D eigenvalue weighted by Crippen LogP contribution is -2.22. The average molecular weight is 153 g/mol. The minimum absolute atomic E-state index is 1.27. The van der Waals surface area contributed by atoms with Crippen LogP contribution in [0.2, 0.25) is 0 Å². The minimum atomic E-state index is 1.27. The average Bonchev–Trinajstić information content (AvgIpc) is 2.30. The topological polar surface area (TPSA) is 3.24 Å². The second kappa shape index (κ2) is 4.42. The van der Waals surface area contributed by atoms with E-state index in [1.54, 1.807) is 0 Å². The van der Waals surface area contributed by atoms with Crippen LogP contribution in [0, 0.1) is 0 Å². The molecule has 1 fully saturated rings. The first-order valence-corrected chi connectivity index (χ1v) is 4.72. The third-order valence-corrected chi connectivity index (χ3v) is 2.52. The SMILES string of the molecule is CC=C(C)N1CCCCCC1. The molecule has 11 heavy (non-hydrogen) atoms. The van der Waals surface area contributed by atoms with Crippen LogP contribution in [-0.2, 0) is 0 Å². The molecule has 0 aromatic heterocycles. The lowest BCUT2D eigenvalue weighted by atomic mass is 10.2. The van der Waals surface area contributed by atoms with Gasteiger partial charge in [0.2, 0.25) is 0 Å². The normalized spacial score (nSPS) is 21.6. The van der Waals surface area contributed by atoms with Crippen molar-refractivity contribution in [1.82, 2.24) is 4.90 Å². The molecular weight excluding hydrogens is 134 g/mol. The number of allylic oxidation sites excluding steroid dienone is 2. The maximum absolute atomic E-state index is 2.51. The number of hydrogen-bond acceptors (Lipinski definition) is 1. The van der Waals surface area contributed by atoms with E-state index in [1.807, 2.05) is 0 Å². The molecule has 0 amide bonds. The van der Waals surface area contributed by atoms with Gasteiger partial charge in [-0.25, -0.2) is 0 Å². The van der Waals surface area contributed by atoms with Crippen molar-refractivity contribution >= 4 is 0 Å². The third-order valence-electron chi connectivity index (χ3n) is 2.52. The zero-order valence-corrected chi connectivity index (χ0v) is 7.77. The Morgan fingerprint density at radius 1 is 1.09 bits per heavy atom. The summed E-state index contributed by atoms with van der Waals surface area (Å²) in [5.41, 5.74) is 1.45. The Bertz CT molecular complexity index is 130. The maximum Gasteiger partial charge on any atom is 0.0174 e. The summed E-state index contributed by atoms with van der Waals surface area (Å²) in [5, 5.41) is 0. The number of nitrogens with zero attached hydrogens (tertiary/aromatic N) is 1. The molecule has 0 N–H and O–H groups in total. The third kappa shape index (κ3) is 2.57. The Morgan fingerprint density at radius 2 is 1.64 bits per heavy atom. The highest BCUT2D eigenvalue weighted by atomic mass is 15.1. The van der Waals surface area contributed by atoms with Gasteiger partial charge in [0, 0.05) is 18.8 Å². The van der Waals surface area contributed by atoms with E-state index in [9.17, 15) is 0 Å². The standard InChI is InChI=1S/C10H19N/c1-3-10(2)11-8-6-4-5-7-9-11/h3H,4-9H2,1-2H3. The lowest BCUT2D eigenvalue weighted by Gasteiger charge is -2.22. The Morgan fingerprint density at radius 3 is 2.09 bits per heavy atom. The van der Waals surface area contributed by atoms with Gasteiger partial charge in [0.25, 0.3) is 0 Å². The van der Waals surface area contributed by atoms with E-state index in [0.717, 1.165) is 0 Å². The first kappa shape index (κ1) is 8.63. The zero-order valence-electron chi connectivity index (χ0n) is 7.77. The van der Waals surface area contributed by atoms with E-state index < -0.39 is 0 Å². The highest BCUT2D eigenvalue weighted by molar-refractivity contribution is 4.95. The van der Waals surface area contributed by atoms with Gasteiger partial charge in [-0.1, -0.05) is 18.9 Å². The van der Waals surface area contributed by atoms with Gasteiger partial charge in [-0.15, -0.1) is 0 Å². The Hall–Kier alpha value is -0.460. The van der Waals surface area contributed by atoms with Crippen LogP contribution in [0.5, 0.6) is 0 Å². The van der Waals surface area contributed by atoms with Crippen LogP contribution >= 0.6 is 0 Å². The number of hydrogen-bond donors (Lipinski definition) is 0. The van der Waals surface area contributed by atoms with Gasteiger partial charge in [-0.3, -0.25) is 0 Å². The molecule has 0 atom stereocenters. The van der Waals surface area contributed by atoms with Gasteiger partial charge in [-0.2, -0.15) is 0 Å². The van der Waals surface area contributed by atoms with Crippen molar-refractivity contribution in [3.8, 4) is 0 Å². The first-order valence-electron chi connectivity index (χ1n) is 4.72. The molecule has 0 aliphatic carbocycles. The highest BCUT2D eigenvalue weighted by Crippen LogP contribution is 2.13. The quantitative estimate of drug-likeness (QED) is 0.560. The molecule has 0 radical (unpaired) electrons. The monoisotopic (exact) mass is 153 g/mol. The van der Waals surface area contributed by atoms with Gasteiger partial charge in [0.15, 0.2) is 0 Å². The smallest absolute Gasteiger partial charge is 0.0174 e. The van der Waals surface area contributed by atoms with Crippen LogP contribution < -0.4 is 0 Å². The van der Waals surface area contributed by atoms with Crippen molar-refractivity contribution < 1.29 is 0 Å². The van der Waals surface area contributed by atoms with Crippen molar-refractivity contribution in [1.29, 1.82) is 0 Å². The molecule has 1 aliphatic rings. The second-order valence-electron chi connectivity index (χ2n) is 3.33. The van der Waals surface area contributed by atoms with E-state index in [4.69, 9.17) is 0 Å². The molecule has 1 saturated heterocycles. The van der Waals surface area contributed by atoms with E-state index >= 15 is 0 Å². The van der Waals surface area contributed by atoms with Crippen molar-refractivity contribution in [3.05, 3.63) is 11.8 Å². The van der Waals surface area contributed by atoms with Crippen molar-refractivity contribution in [2.45, 2.75) is 39.5 Å². The van der Waals surface area contributed by atoms with Gasteiger partial charge >= 0.3 is 0 Å². The number of likely N-dealkylation sites (tertiary alicyclic amines) is 1. The molecule has 1 heterocycles. The van der Waals surface area contributed by atoms with Crippen LogP contribution in [0.25, 0.3) is 0 Å². The van der Waals surface area contributed by atoms with Gasteiger partial charge in [0.05, 0.1) is 0 Å². The fourth-order valence-electron chi connectivity index (χ4n) is 1.61. The molecular formula is C10H19N. The zero-order chi connectivity index (χ0) is 8.10. The molecule has 1 aliphatic heterocycles. The molecule has 0 aromatic rings. The van der Waals surface area contributed by atoms with Crippen LogP contribution in [0.1, 0.15) is 39.5 Å². The van der Waals surface area contributed by atoms with Crippen molar-refractivity contribution in [2.75, 3.05) is 13.1 Å². The fraction of sp³-hybridized carbons (Fsp3) is 0.800. The van der Waals surface area contributed by atoms with E-state index in [1.165, 1.54) is 44.5 Å². The summed E-state index contributed by atoms with van der Waals surface area (Å²) >= 11 is 0. The maximum atomic E-state index is 2.51. The molecule has 0 unspecified atom stereocenters. The van der Waals surface area contributed by atoms with Crippen molar-refractivity contribution in [3.63, 3.8) is 0 Å². The van der Waals surface area contributed by atoms with Gasteiger partial charge in [-0.05, 0) is 26.7 Å². The van der Waals surface area contributed by atoms with E-state index in [2.05, 4.69) is 24.8 Å². The highest BCUT2D eigenvalue weighted by Gasteiger charge is 2.07. The molecule has 1 nitrogen and oxygen atoms in total. The Kier molecular flexibility index (Phi) is 3.47. The first-order chi connectivity index (χ1) is 5.34. The predicted molar refractivity (Wildman–Crippen MR) is 49.5 cm³/mol. The fourth-order valence-corrected chi connectivity index (χ4v) is 1.61. The molecule has 0 spiro atoms. The van der Waals surface area contributed by atoms with Gasteiger partial charge in [0.1, 0.15) is 0 Å². The predicted octanol–water partition coefficient (Wildman–Crippen LogP) is 2.79. The van der Waals surface area contributed by atoms with Crippen LogP contribution in [-0.4, -0.2) is 18.0 Å².